The van der Waals surface area contributed by atoms with Gasteiger partial charge in [-0.05, 0) is 54.8 Å². The Hall–Kier alpha value is -2.50. The molecule has 0 radical (unpaired) electrons. The lowest BCUT2D eigenvalue weighted by atomic mass is 9.96. The van der Waals surface area contributed by atoms with Crippen LogP contribution in [0.5, 0.6) is 0 Å². The van der Waals surface area contributed by atoms with Crippen molar-refractivity contribution in [2.75, 3.05) is 0 Å². The van der Waals surface area contributed by atoms with Gasteiger partial charge in [-0.25, -0.2) is 4.98 Å². The number of carbonyl (C=O) groups is 1. The highest BCUT2D eigenvalue weighted by Crippen LogP contribution is 2.32. The third-order valence-electron chi connectivity index (χ3n) is 5.45. The van der Waals surface area contributed by atoms with E-state index in [2.05, 4.69) is 56.2 Å². The predicted octanol–water partition coefficient (Wildman–Crippen LogP) is 7.62. The maximum Gasteiger partial charge on any atom is 0.252 e. The molecule has 0 saturated carbocycles. The molecule has 156 valence electrons. The van der Waals surface area contributed by atoms with E-state index in [1.54, 1.807) is 0 Å². The summed E-state index contributed by atoms with van der Waals surface area (Å²) in [7, 11) is 0. The molecule has 3 aromatic carbocycles. The number of fused-ring (bicyclic) bond motifs is 1. The summed E-state index contributed by atoms with van der Waals surface area (Å²) in [5, 5.41) is 4.09. The summed E-state index contributed by atoms with van der Waals surface area (Å²) < 4.78 is 1.92. The molecule has 1 aromatic heterocycles. The van der Waals surface area contributed by atoms with Crippen LogP contribution in [-0.4, -0.2) is 10.9 Å². The van der Waals surface area contributed by atoms with Crippen LogP contribution in [0.2, 0.25) is 0 Å². The molecule has 0 fully saturated rings. The van der Waals surface area contributed by atoms with Crippen molar-refractivity contribution >= 4 is 48.7 Å². The maximum atomic E-state index is 13.6. The largest absolute Gasteiger partial charge is 0.345 e. The van der Waals surface area contributed by atoms with Crippen molar-refractivity contribution in [2.45, 2.75) is 26.3 Å². The molecule has 0 spiro atoms. The number of halogens is 2. The van der Waals surface area contributed by atoms with E-state index in [0.717, 1.165) is 48.7 Å². The van der Waals surface area contributed by atoms with Crippen LogP contribution in [0.15, 0.2) is 81.7 Å². The summed E-state index contributed by atoms with van der Waals surface area (Å²) in [4.78, 5) is 18.5. The minimum Gasteiger partial charge on any atom is -0.345 e. The van der Waals surface area contributed by atoms with Gasteiger partial charge in [-0.3, -0.25) is 4.79 Å². The van der Waals surface area contributed by atoms with Crippen LogP contribution in [0.3, 0.4) is 0 Å². The maximum absolute atomic E-state index is 13.6. The molecule has 0 aliphatic rings. The number of rotatable bonds is 5. The first-order valence-electron chi connectivity index (χ1n) is 10.2. The van der Waals surface area contributed by atoms with E-state index in [1.807, 2.05) is 67.6 Å². The summed E-state index contributed by atoms with van der Waals surface area (Å²) in [6.07, 6.45) is 0.807. The first kappa shape index (κ1) is 21.7. The zero-order valence-corrected chi connectivity index (χ0v) is 20.5. The Labute approximate surface area is 199 Å². The third-order valence-corrected chi connectivity index (χ3v) is 6.47. The lowest BCUT2D eigenvalue weighted by molar-refractivity contribution is 0.0936. The van der Waals surface area contributed by atoms with E-state index in [-0.39, 0.29) is 11.9 Å². The van der Waals surface area contributed by atoms with Crippen molar-refractivity contribution in [1.29, 1.82) is 0 Å². The predicted molar refractivity (Wildman–Crippen MR) is 134 cm³/mol. The van der Waals surface area contributed by atoms with Crippen LogP contribution in [0, 0.1) is 6.92 Å². The number of nitrogens with one attached hydrogen (secondary N) is 1. The highest BCUT2D eigenvalue weighted by Gasteiger charge is 2.21. The summed E-state index contributed by atoms with van der Waals surface area (Å²) in [5.41, 5.74) is 5.23. The van der Waals surface area contributed by atoms with Crippen molar-refractivity contribution < 1.29 is 4.79 Å². The standard InChI is InChI=1S/C26H22Br2N2O/c1-3-22(17-7-5-4-6-8-17)30-26(31)24-16(2)25(18-9-11-19(27)12-10-18)29-23-14-13-20(28)15-21(23)24/h4-15,22H,3H2,1-2H3,(H,30,31). The van der Waals surface area contributed by atoms with Crippen molar-refractivity contribution in [3.05, 3.63) is 98.4 Å². The number of aromatic nitrogens is 1. The SMILES string of the molecule is CCC(NC(=O)c1c(C)c(-c2ccc(Br)cc2)nc2ccc(Br)cc12)c1ccccc1. The number of amides is 1. The van der Waals surface area contributed by atoms with Crippen LogP contribution in [-0.2, 0) is 0 Å². The second-order valence-corrected chi connectivity index (χ2v) is 9.31. The van der Waals surface area contributed by atoms with Gasteiger partial charge in [0.05, 0.1) is 22.8 Å². The van der Waals surface area contributed by atoms with E-state index in [0.29, 0.717) is 5.56 Å². The molecule has 0 bridgehead atoms. The first-order chi connectivity index (χ1) is 15.0. The van der Waals surface area contributed by atoms with Crippen molar-refractivity contribution in [3.8, 4) is 11.3 Å². The first-order valence-corrected chi connectivity index (χ1v) is 11.8. The normalized spacial score (nSPS) is 12.0. The Morgan fingerprint density at radius 1 is 0.968 bits per heavy atom. The third kappa shape index (κ3) is 4.58. The van der Waals surface area contributed by atoms with Crippen molar-refractivity contribution in [1.82, 2.24) is 10.3 Å². The van der Waals surface area contributed by atoms with Gasteiger partial charge in [-0.1, -0.05) is 81.2 Å². The Morgan fingerprint density at radius 2 is 1.65 bits per heavy atom. The summed E-state index contributed by atoms with van der Waals surface area (Å²) in [6.45, 7) is 4.06. The zero-order valence-electron chi connectivity index (χ0n) is 17.3. The second kappa shape index (κ2) is 9.33. The number of benzene rings is 3. The lowest BCUT2D eigenvalue weighted by Crippen LogP contribution is -2.29. The molecule has 1 N–H and O–H groups in total. The fourth-order valence-corrected chi connectivity index (χ4v) is 4.47. The topological polar surface area (TPSA) is 42.0 Å². The lowest BCUT2D eigenvalue weighted by Gasteiger charge is -2.20. The molecule has 3 nitrogen and oxygen atoms in total. The number of hydrogen-bond donors (Lipinski definition) is 1. The van der Waals surface area contributed by atoms with Gasteiger partial charge in [0.25, 0.3) is 5.91 Å². The van der Waals surface area contributed by atoms with E-state index in [4.69, 9.17) is 4.98 Å². The van der Waals surface area contributed by atoms with Crippen LogP contribution in [0.4, 0.5) is 0 Å². The summed E-state index contributed by atoms with van der Waals surface area (Å²) >= 11 is 7.04. The molecule has 1 unspecified atom stereocenters. The Bertz CT molecular complexity index is 1240. The monoisotopic (exact) mass is 536 g/mol. The van der Waals surface area contributed by atoms with Gasteiger partial charge < -0.3 is 5.32 Å². The van der Waals surface area contributed by atoms with Gasteiger partial charge in [0.2, 0.25) is 0 Å². The second-order valence-electron chi connectivity index (χ2n) is 7.47. The van der Waals surface area contributed by atoms with E-state index < -0.39 is 0 Å². The van der Waals surface area contributed by atoms with Crippen LogP contribution < -0.4 is 5.32 Å². The molecule has 0 aliphatic carbocycles. The Morgan fingerprint density at radius 3 is 2.32 bits per heavy atom. The van der Waals surface area contributed by atoms with E-state index in [9.17, 15) is 4.79 Å². The average Bonchev–Trinajstić information content (AvgIpc) is 2.78. The molecular weight excluding hydrogens is 516 g/mol. The molecule has 0 aliphatic heterocycles. The fraction of sp³-hybridized carbons (Fsp3) is 0.154. The minimum absolute atomic E-state index is 0.0559. The molecule has 4 rings (SSSR count). The smallest absolute Gasteiger partial charge is 0.252 e. The van der Waals surface area contributed by atoms with Gasteiger partial charge in [0.1, 0.15) is 0 Å². The summed E-state index contributed by atoms with van der Waals surface area (Å²) in [6, 6.07) is 23.9. The summed E-state index contributed by atoms with van der Waals surface area (Å²) in [5.74, 6) is -0.0861. The van der Waals surface area contributed by atoms with Gasteiger partial charge in [-0.15, -0.1) is 0 Å². The molecule has 0 saturated heterocycles. The minimum atomic E-state index is -0.0861. The highest BCUT2D eigenvalue weighted by atomic mass is 79.9. The van der Waals surface area contributed by atoms with Crippen LogP contribution in [0.1, 0.15) is 40.9 Å². The molecular formula is C26H22Br2N2O. The molecule has 5 heteroatoms. The number of carbonyl (C=O) groups excluding carboxylic acids is 1. The Kier molecular flexibility index (Phi) is 6.54. The molecule has 1 amide bonds. The van der Waals surface area contributed by atoms with Crippen LogP contribution in [0.25, 0.3) is 22.2 Å². The van der Waals surface area contributed by atoms with E-state index in [1.165, 1.54) is 0 Å². The van der Waals surface area contributed by atoms with Gasteiger partial charge in [0, 0.05) is 19.9 Å². The molecule has 1 heterocycles. The Balaban J connectivity index is 1.85. The van der Waals surface area contributed by atoms with Crippen molar-refractivity contribution in [2.24, 2.45) is 0 Å². The van der Waals surface area contributed by atoms with Crippen molar-refractivity contribution in [3.63, 3.8) is 0 Å². The van der Waals surface area contributed by atoms with Crippen LogP contribution >= 0.6 is 31.9 Å². The number of hydrogen-bond acceptors (Lipinski definition) is 2. The zero-order chi connectivity index (χ0) is 22.0. The highest BCUT2D eigenvalue weighted by molar-refractivity contribution is 9.10. The fourth-order valence-electron chi connectivity index (χ4n) is 3.85. The number of nitrogens with zero attached hydrogens (tertiary/aromatic N) is 1. The number of pyridine rings is 1. The van der Waals surface area contributed by atoms with E-state index >= 15 is 0 Å². The van der Waals surface area contributed by atoms with Gasteiger partial charge >= 0.3 is 0 Å². The van der Waals surface area contributed by atoms with Gasteiger partial charge in [-0.2, -0.15) is 0 Å². The molecule has 1 atom stereocenters. The molecule has 4 aromatic rings. The quantitative estimate of drug-likeness (QED) is 0.284. The van der Waals surface area contributed by atoms with Gasteiger partial charge in [0.15, 0.2) is 0 Å². The average molecular weight is 538 g/mol. The molecule has 31 heavy (non-hydrogen) atoms.